The second-order valence-corrected chi connectivity index (χ2v) is 0. The molecule has 0 fully saturated rings. The molecule has 0 rings (SSSR count). The Bertz CT molecular complexity index is 10.8. The largest absolute Gasteiger partial charge is 3.00 e. The minimum absolute atomic E-state index is 0. The molecule has 0 N–H and O–H groups in total. The van der Waals surface area contributed by atoms with Crippen molar-refractivity contribution in [2.24, 2.45) is 0 Å². The third kappa shape index (κ3) is 25.0. The molecule has 0 aromatic heterocycles. The van der Waals surface area contributed by atoms with Gasteiger partial charge in [0.25, 0.3) is 0 Å². The number of hydrogen-bond donors (Lipinski definition) is 0. The summed E-state index contributed by atoms with van der Waals surface area (Å²) >= 11 is 0. The number of hydrogen-bond acceptors (Lipinski definition) is 0. The summed E-state index contributed by atoms with van der Waals surface area (Å²) in [4.78, 5) is 0. The molecule has 0 aromatic carbocycles. The number of rotatable bonds is 0. The molecule has 0 amide bonds. The fourth-order valence-corrected chi connectivity index (χ4v) is 0. The van der Waals surface area contributed by atoms with Crippen molar-refractivity contribution < 1.29 is 135 Å². The van der Waals surface area contributed by atoms with Gasteiger partial charge in [0.2, 0.25) is 0 Å². The van der Waals surface area contributed by atoms with Crippen molar-refractivity contribution in [1.82, 2.24) is 0 Å². The Labute approximate surface area is 131 Å². The SMILES string of the molecule is [Ce+3].[La+3].[Nd+3].[O-2].[O-2].[O-2]. The Kier molecular flexibility index (Phi) is 325. The zero-order valence-electron chi connectivity index (χ0n) is 2.80. The molecule has 26 valence electrons. The summed E-state index contributed by atoms with van der Waals surface area (Å²) in [6.07, 6.45) is 0. The third-order valence-corrected chi connectivity index (χ3v) is 0. The summed E-state index contributed by atoms with van der Waals surface area (Å²) in [5.41, 5.74) is 0. The minimum Gasteiger partial charge on any atom is -2.00 e. The van der Waals surface area contributed by atoms with E-state index in [0.717, 1.165) is 0 Å². The average molecular weight is 471 g/mol. The van der Waals surface area contributed by atoms with Gasteiger partial charge in [0, 0.05) is 0 Å². The fraction of sp³-hybridized carbons (Fsp3) is 0. The van der Waals surface area contributed by atoms with Crippen LogP contribution < -0.4 is 0 Å². The summed E-state index contributed by atoms with van der Waals surface area (Å²) < 4.78 is 0. The molecular formula is CeLaNdO3+3. The smallest absolute Gasteiger partial charge is 2.00 e. The third-order valence-electron chi connectivity index (χ3n) is 0. The molecule has 0 aliphatic heterocycles. The maximum absolute atomic E-state index is 0. The Balaban J connectivity index is 0. The first-order valence-corrected chi connectivity index (χ1v) is 0. The first-order chi connectivity index (χ1) is 0. The van der Waals surface area contributed by atoms with E-state index in [0.29, 0.717) is 0 Å². The predicted octanol–water partition coefficient (Wildman–Crippen LogP) is -0.356. The van der Waals surface area contributed by atoms with Gasteiger partial charge in [-0.05, 0) is 0 Å². The van der Waals surface area contributed by atoms with Crippen molar-refractivity contribution in [1.29, 1.82) is 0 Å². The van der Waals surface area contributed by atoms with Crippen LogP contribution in [-0.4, -0.2) is 0 Å². The summed E-state index contributed by atoms with van der Waals surface area (Å²) in [5, 5.41) is 0. The Morgan fingerprint density at radius 2 is 0.667 bits per heavy atom. The van der Waals surface area contributed by atoms with Gasteiger partial charge >= 0.3 is 118 Å². The first kappa shape index (κ1) is 52.5. The van der Waals surface area contributed by atoms with Gasteiger partial charge in [-0.3, -0.25) is 0 Å². The molecule has 0 bridgehead atoms. The molecule has 3 nitrogen and oxygen atoms in total. The van der Waals surface area contributed by atoms with Crippen molar-refractivity contribution in [3.8, 4) is 0 Å². The molecule has 0 atom stereocenters. The van der Waals surface area contributed by atoms with Crippen LogP contribution in [0.25, 0.3) is 0 Å². The van der Waals surface area contributed by atoms with Crippen molar-refractivity contribution in [3.05, 3.63) is 0 Å². The van der Waals surface area contributed by atoms with Crippen LogP contribution in [0.3, 0.4) is 0 Å². The normalized spacial score (nSPS) is 0. The van der Waals surface area contributed by atoms with Gasteiger partial charge in [-0.2, -0.15) is 0 Å². The standard InChI is InChI=1S/Ce.La.Nd.3O/q3*+3;3*-2. The fourth-order valence-electron chi connectivity index (χ4n) is 0. The Morgan fingerprint density at radius 3 is 0.667 bits per heavy atom. The molecular weight excluding hydrogens is 471 g/mol. The van der Waals surface area contributed by atoms with E-state index in [1.807, 2.05) is 0 Å². The van der Waals surface area contributed by atoms with Crippen LogP contribution in [0.2, 0.25) is 0 Å². The molecule has 0 saturated carbocycles. The van der Waals surface area contributed by atoms with E-state index in [2.05, 4.69) is 0 Å². The molecule has 0 unspecified atom stereocenters. The topological polar surface area (TPSA) is 85.5 Å². The van der Waals surface area contributed by atoms with E-state index in [4.69, 9.17) is 0 Å². The summed E-state index contributed by atoms with van der Waals surface area (Å²) in [6.45, 7) is 0. The van der Waals surface area contributed by atoms with Crippen LogP contribution >= 0.6 is 0 Å². The first-order valence-electron chi connectivity index (χ1n) is 0. The van der Waals surface area contributed by atoms with E-state index in [1.165, 1.54) is 0 Å². The van der Waals surface area contributed by atoms with Crippen LogP contribution in [-0.2, 0) is 16.4 Å². The molecule has 0 heterocycles. The summed E-state index contributed by atoms with van der Waals surface area (Å²) in [5.74, 6) is 0. The molecule has 6 heteroatoms. The van der Waals surface area contributed by atoms with E-state index in [9.17, 15) is 0 Å². The van der Waals surface area contributed by atoms with Gasteiger partial charge < -0.3 is 16.4 Å². The van der Waals surface area contributed by atoms with E-state index < -0.39 is 0 Å². The maximum Gasteiger partial charge on any atom is 3.00 e. The molecule has 0 aromatic rings. The molecule has 0 saturated heterocycles. The van der Waals surface area contributed by atoms with Gasteiger partial charge in [-0.15, -0.1) is 0 Å². The Hall–Kier alpha value is 3.80. The molecule has 6 heavy (non-hydrogen) atoms. The van der Waals surface area contributed by atoms with Crippen molar-refractivity contribution in [2.45, 2.75) is 0 Å². The predicted molar refractivity (Wildman–Crippen MR) is 2.06 cm³/mol. The minimum atomic E-state index is 0. The second-order valence-electron chi connectivity index (χ2n) is 0. The van der Waals surface area contributed by atoms with Gasteiger partial charge in [0.15, 0.2) is 0 Å². The van der Waals surface area contributed by atoms with Crippen LogP contribution in [0.1, 0.15) is 0 Å². The zero-order chi connectivity index (χ0) is 0. The Morgan fingerprint density at radius 1 is 0.667 bits per heavy atom. The molecule has 2 radical (unpaired) electrons. The second kappa shape index (κ2) is 37.1. The van der Waals surface area contributed by atoms with Crippen LogP contribution in [0.4, 0.5) is 0 Å². The monoisotopic (exact) mass is 469 g/mol. The zero-order valence-corrected chi connectivity index (χ0v) is 12.8. The summed E-state index contributed by atoms with van der Waals surface area (Å²) in [6, 6.07) is 0. The van der Waals surface area contributed by atoms with Gasteiger partial charge in [0.05, 0.1) is 0 Å². The van der Waals surface area contributed by atoms with Crippen molar-refractivity contribution in [2.75, 3.05) is 0 Å². The average Bonchev–Trinajstić information content (AvgIpc) is 0. The van der Waals surface area contributed by atoms with Gasteiger partial charge in [0.1, 0.15) is 0 Å². The quantitative estimate of drug-likeness (QED) is 0.463. The molecule has 0 aliphatic carbocycles. The van der Waals surface area contributed by atoms with Gasteiger partial charge in [-0.25, -0.2) is 0 Å². The van der Waals surface area contributed by atoms with Crippen LogP contribution in [0.5, 0.6) is 0 Å². The van der Waals surface area contributed by atoms with E-state index in [-0.39, 0.29) is 135 Å². The van der Waals surface area contributed by atoms with Crippen LogP contribution in [0, 0.1) is 118 Å². The summed E-state index contributed by atoms with van der Waals surface area (Å²) in [7, 11) is 0. The van der Waals surface area contributed by atoms with Crippen molar-refractivity contribution >= 4 is 0 Å². The molecule has 0 spiro atoms. The maximum atomic E-state index is 0. The van der Waals surface area contributed by atoms with Gasteiger partial charge in [-0.1, -0.05) is 0 Å². The van der Waals surface area contributed by atoms with Crippen LogP contribution in [0.15, 0.2) is 0 Å². The molecule has 0 aliphatic rings. The van der Waals surface area contributed by atoms with E-state index in [1.54, 1.807) is 0 Å². The van der Waals surface area contributed by atoms with Crippen molar-refractivity contribution in [3.63, 3.8) is 0 Å². The van der Waals surface area contributed by atoms with E-state index >= 15 is 0 Å².